The maximum absolute atomic E-state index is 11.8. The van der Waals surface area contributed by atoms with Crippen LogP contribution in [0.2, 0.25) is 0 Å². The first kappa shape index (κ1) is 16.6. The molecule has 0 bridgehead atoms. The van der Waals surface area contributed by atoms with Gasteiger partial charge in [0.15, 0.2) is 0 Å². The van der Waals surface area contributed by atoms with Crippen molar-refractivity contribution in [3.63, 3.8) is 0 Å². The van der Waals surface area contributed by atoms with Crippen molar-refractivity contribution in [3.05, 3.63) is 30.1 Å². The Bertz CT molecular complexity index is 528. The Morgan fingerprint density at radius 3 is 2.52 bits per heavy atom. The molecule has 21 heavy (non-hydrogen) atoms. The fourth-order valence-electron chi connectivity index (χ4n) is 1.54. The number of urea groups is 1. The lowest BCUT2D eigenvalue weighted by Gasteiger charge is -2.20. The van der Waals surface area contributed by atoms with Crippen LogP contribution in [0.25, 0.3) is 0 Å². The van der Waals surface area contributed by atoms with Crippen LogP contribution in [-0.4, -0.2) is 39.9 Å². The summed E-state index contributed by atoms with van der Waals surface area (Å²) in [5, 5.41) is 11.1. The van der Waals surface area contributed by atoms with Crippen LogP contribution >= 0.6 is 0 Å². The zero-order chi connectivity index (χ0) is 16.0. The summed E-state index contributed by atoms with van der Waals surface area (Å²) >= 11 is 0. The van der Waals surface area contributed by atoms with E-state index in [1.54, 1.807) is 24.4 Å². The van der Waals surface area contributed by atoms with E-state index in [1.165, 1.54) is 25.8 Å². The Morgan fingerprint density at radius 2 is 2.00 bits per heavy atom. The average Bonchev–Trinajstić information content (AvgIpc) is 2.38. The van der Waals surface area contributed by atoms with Crippen LogP contribution in [0.4, 0.5) is 4.79 Å². The highest BCUT2D eigenvalue weighted by molar-refractivity contribution is 5.96. The molecule has 1 aromatic heterocycles. The highest BCUT2D eigenvalue weighted by Gasteiger charge is 2.31. The van der Waals surface area contributed by atoms with Gasteiger partial charge in [0.25, 0.3) is 0 Å². The summed E-state index contributed by atoms with van der Waals surface area (Å²) < 4.78 is 0. The van der Waals surface area contributed by atoms with Crippen molar-refractivity contribution < 1.29 is 19.5 Å². The second kappa shape index (κ2) is 6.83. The number of hydrogen-bond acceptors (Lipinski definition) is 4. The van der Waals surface area contributed by atoms with Crippen LogP contribution in [0.1, 0.15) is 26.0 Å². The summed E-state index contributed by atoms with van der Waals surface area (Å²) in [6.07, 6.45) is 1.34. The molecule has 0 saturated carbocycles. The second-order valence-corrected chi connectivity index (χ2v) is 5.40. The number of nitrogens with one attached hydrogen (secondary N) is 1. The normalized spacial score (nSPS) is 10.8. The number of nitrogens with zero attached hydrogens (tertiary/aromatic N) is 2. The van der Waals surface area contributed by atoms with Gasteiger partial charge in [-0.15, -0.1) is 0 Å². The summed E-state index contributed by atoms with van der Waals surface area (Å²) in [5.41, 5.74) is -0.530. The minimum absolute atomic E-state index is 0.252. The van der Waals surface area contributed by atoms with Crippen LogP contribution in [0, 0.1) is 5.41 Å². The van der Waals surface area contributed by atoms with E-state index in [0.717, 1.165) is 0 Å². The van der Waals surface area contributed by atoms with Gasteiger partial charge in [0.2, 0.25) is 5.91 Å². The number of aromatic nitrogens is 1. The first-order valence-electron chi connectivity index (χ1n) is 6.40. The molecule has 3 amide bonds. The Balaban J connectivity index is 2.53. The number of imide groups is 1. The molecule has 0 aliphatic carbocycles. The minimum atomic E-state index is -1.22. The summed E-state index contributed by atoms with van der Waals surface area (Å²) in [6, 6.07) is 4.74. The van der Waals surface area contributed by atoms with E-state index < -0.39 is 23.3 Å². The molecule has 0 aromatic carbocycles. The number of carbonyl (C=O) groups excluding carboxylic acids is 2. The third kappa shape index (κ3) is 5.21. The number of carbonyl (C=O) groups is 3. The molecule has 0 aliphatic rings. The molecule has 1 aromatic rings. The van der Waals surface area contributed by atoms with Crippen molar-refractivity contribution in [2.24, 2.45) is 5.41 Å². The molecule has 0 aliphatic heterocycles. The fraction of sp³-hybridized carbons (Fsp3) is 0.429. The number of aliphatic carboxylic acids is 1. The molecule has 0 fully saturated rings. The van der Waals surface area contributed by atoms with E-state index >= 15 is 0 Å². The van der Waals surface area contributed by atoms with Gasteiger partial charge in [0, 0.05) is 19.7 Å². The molecular formula is C14H19N3O4. The lowest BCUT2D eigenvalue weighted by molar-refractivity contribution is -0.149. The molecule has 7 nitrogen and oxygen atoms in total. The van der Waals surface area contributed by atoms with Gasteiger partial charge in [0.05, 0.1) is 17.7 Å². The summed E-state index contributed by atoms with van der Waals surface area (Å²) in [7, 11) is 1.53. The molecule has 114 valence electrons. The smallest absolute Gasteiger partial charge is 0.324 e. The van der Waals surface area contributed by atoms with Gasteiger partial charge in [-0.2, -0.15) is 0 Å². The lowest BCUT2D eigenvalue weighted by Crippen LogP contribution is -2.42. The predicted molar refractivity (Wildman–Crippen MR) is 75.3 cm³/mol. The van der Waals surface area contributed by atoms with Crippen LogP contribution in [-0.2, 0) is 16.1 Å². The second-order valence-electron chi connectivity index (χ2n) is 5.40. The maximum Gasteiger partial charge on any atom is 0.324 e. The Labute approximate surface area is 123 Å². The van der Waals surface area contributed by atoms with Gasteiger partial charge in [-0.05, 0) is 26.0 Å². The van der Waals surface area contributed by atoms with Gasteiger partial charge < -0.3 is 10.0 Å². The van der Waals surface area contributed by atoms with Crippen molar-refractivity contribution >= 4 is 17.9 Å². The zero-order valence-electron chi connectivity index (χ0n) is 12.3. The quantitative estimate of drug-likeness (QED) is 0.851. The molecule has 2 N–H and O–H groups in total. The Hall–Kier alpha value is -2.44. The van der Waals surface area contributed by atoms with E-state index in [-0.39, 0.29) is 13.0 Å². The third-order valence-electron chi connectivity index (χ3n) is 2.90. The zero-order valence-corrected chi connectivity index (χ0v) is 12.3. The number of carboxylic acid groups (broad SMARTS) is 1. The molecule has 0 atom stereocenters. The monoisotopic (exact) mass is 293 g/mol. The van der Waals surface area contributed by atoms with Crippen molar-refractivity contribution in [2.45, 2.75) is 26.8 Å². The molecule has 0 saturated heterocycles. The molecular weight excluding hydrogens is 274 g/mol. The lowest BCUT2D eigenvalue weighted by atomic mass is 9.89. The number of carboxylic acids is 1. The van der Waals surface area contributed by atoms with E-state index in [2.05, 4.69) is 10.3 Å². The predicted octanol–water partition coefficient (Wildman–Crippen LogP) is 1.25. The number of pyridine rings is 1. The first-order valence-corrected chi connectivity index (χ1v) is 6.40. The number of rotatable bonds is 5. The van der Waals surface area contributed by atoms with Crippen molar-refractivity contribution in [1.82, 2.24) is 15.2 Å². The summed E-state index contributed by atoms with van der Waals surface area (Å²) in [6.45, 7) is 3.11. The summed E-state index contributed by atoms with van der Waals surface area (Å²) in [5.74, 6) is -1.72. The van der Waals surface area contributed by atoms with E-state index in [4.69, 9.17) is 5.11 Å². The van der Waals surface area contributed by atoms with Crippen LogP contribution < -0.4 is 5.32 Å². The molecule has 0 radical (unpaired) electrons. The largest absolute Gasteiger partial charge is 0.481 e. The molecule has 7 heteroatoms. The number of amides is 3. The molecule has 0 unspecified atom stereocenters. The first-order chi connectivity index (χ1) is 9.72. The van der Waals surface area contributed by atoms with Crippen LogP contribution in [0.5, 0.6) is 0 Å². The number of hydrogen-bond donors (Lipinski definition) is 2. The van der Waals surface area contributed by atoms with Crippen LogP contribution in [0.3, 0.4) is 0 Å². The van der Waals surface area contributed by atoms with Gasteiger partial charge >= 0.3 is 12.0 Å². The van der Waals surface area contributed by atoms with E-state index in [9.17, 15) is 14.4 Å². The standard InChI is InChI=1S/C14H19N3O4/c1-14(2,12(19)20)8-11(18)16-13(21)17(3)9-10-6-4-5-7-15-10/h4-7H,8-9H2,1-3H3,(H,19,20)(H,16,18,21). The average molecular weight is 293 g/mol. The molecule has 1 rings (SSSR count). The van der Waals surface area contributed by atoms with Gasteiger partial charge in [-0.3, -0.25) is 19.9 Å². The van der Waals surface area contributed by atoms with Gasteiger partial charge in [-0.1, -0.05) is 6.07 Å². The minimum Gasteiger partial charge on any atom is -0.481 e. The Morgan fingerprint density at radius 1 is 1.33 bits per heavy atom. The summed E-state index contributed by atoms with van der Waals surface area (Å²) in [4.78, 5) is 39.8. The van der Waals surface area contributed by atoms with Crippen molar-refractivity contribution in [1.29, 1.82) is 0 Å². The SMILES string of the molecule is CN(Cc1ccccn1)C(=O)NC(=O)CC(C)(C)C(=O)O. The molecule has 1 heterocycles. The highest BCUT2D eigenvalue weighted by Crippen LogP contribution is 2.20. The van der Waals surface area contributed by atoms with E-state index in [1.807, 2.05) is 0 Å². The van der Waals surface area contributed by atoms with Crippen molar-refractivity contribution in [3.8, 4) is 0 Å². The topological polar surface area (TPSA) is 99.6 Å². The van der Waals surface area contributed by atoms with Gasteiger partial charge in [0.1, 0.15) is 0 Å². The third-order valence-corrected chi connectivity index (χ3v) is 2.90. The van der Waals surface area contributed by atoms with E-state index in [0.29, 0.717) is 5.69 Å². The fourth-order valence-corrected chi connectivity index (χ4v) is 1.54. The molecule has 0 spiro atoms. The van der Waals surface area contributed by atoms with Gasteiger partial charge in [-0.25, -0.2) is 4.79 Å². The van der Waals surface area contributed by atoms with Crippen LogP contribution in [0.15, 0.2) is 24.4 Å². The maximum atomic E-state index is 11.8. The van der Waals surface area contributed by atoms with Crippen molar-refractivity contribution in [2.75, 3.05) is 7.05 Å². The highest BCUT2D eigenvalue weighted by atomic mass is 16.4. The Kier molecular flexibility index (Phi) is 5.40.